The van der Waals surface area contributed by atoms with Crippen LogP contribution >= 0.6 is 11.8 Å². The Kier molecular flexibility index (Phi) is 4.32. The van der Waals surface area contributed by atoms with Gasteiger partial charge < -0.3 is 9.30 Å². The monoisotopic (exact) mass is 268 g/mol. The molecule has 0 N–H and O–H groups in total. The third-order valence-electron chi connectivity index (χ3n) is 3.50. The number of esters is 1. The first kappa shape index (κ1) is 13.5. The Labute approximate surface area is 112 Å². The van der Waals surface area contributed by atoms with Crippen molar-refractivity contribution in [1.29, 1.82) is 0 Å². The lowest BCUT2D eigenvalue weighted by Crippen LogP contribution is -2.13. The van der Waals surface area contributed by atoms with Crippen molar-refractivity contribution in [2.24, 2.45) is 5.41 Å². The highest BCUT2D eigenvalue weighted by molar-refractivity contribution is 7.98. The summed E-state index contributed by atoms with van der Waals surface area (Å²) in [6, 6.07) is 0. The molecule has 0 radical (unpaired) electrons. The maximum absolute atomic E-state index is 11.3. The van der Waals surface area contributed by atoms with E-state index >= 15 is 0 Å². The molecule has 0 aromatic carbocycles. The molecule has 0 spiro atoms. The van der Waals surface area contributed by atoms with Crippen molar-refractivity contribution >= 4 is 17.7 Å². The molecule has 0 atom stereocenters. The minimum absolute atomic E-state index is 0.0771. The second-order valence-electron chi connectivity index (χ2n) is 4.92. The molecule has 1 aromatic rings. The second-order valence-corrected chi connectivity index (χ2v) is 5.90. The van der Waals surface area contributed by atoms with Crippen LogP contribution in [0.4, 0.5) is 0 Å². The number of aryl methyl sites for hydroxylation is 1. The van der Waals surface area contributed by atoms with Crippen molar-refractivity contribution in [2.45, 2.75) is 38.5 Å². The number of hydrogen-bond donors (Lipinski definition) is 0. The van der Waals surface area contributed by atoms with E-state index in [1.807, 2.05) is 24.3 Å². The fourth-order valence-corrected chi connectivity index (χ4v) is 3.43. The van der Waals surface area contributed by atoms with Gasteiger partial charge in [-0.1, -0.05) is 0 Å². The van der Waals surface area contributed by atoms with Crippen molar-refractivity contribution in [3.8, 4) is 0 Å². The van der Waals surface area contributed by atoms with E-state index in [0.717, 1.165) is 30.9 Å². The molecule has 18 heavy (non-hydrogen) atoms. The SMILES string of the molecule is CCn1cncc1CSCC1(CC(=O)OC)CC1. The van der Waals surface area contributed by atoms with Crippen LogP contribution in [0.1, 0.15) is 31.9 Å². The normalized spacial score (nSPS) is 16.6. The number of carbonyl (C=O) groups excluding carboxylic acids is 1. The van der Waals surface area contributed by atoms with Gasteiger partial charge in [0.2, 0.25) is 0 Å². The predicted molar refractivity (Wildman–Crippen MR) is 72.4 cm³/mol. The first-order valence-electron chi connectivity index (χ1n) is 6.33. The topological polar surface area (TPSA) is 44.1 Å². The number of imidazole rings is 1. The van der Waals surface area contributed by atoms with E-state index in [0.29, 0.717) is 6.42 Å². The molecule has 0 amide bonds. The number of nitrogens with zero attached hydrogens (tertiary/aromatic N) is 2. The summed E-state index contributed by atoms with van der Waals surface area (Å²) >= 11 is 1.89. The standard InChI is InChI=1S/C13H20N2O2S/c1-3-15-10-14-7-11(15)8-18-9-13(4-5-13)6-12(16)17-2/h7,10H,3-6,8-9H2,1-2H3. The minimum Gasteiger partial charge on any atom is -0.469 e. The number of hydrogen-bond acceptors (Lipinski definition) is 4. The first-order chi connectivity index (χ1) is 8.69. The van der Waals surface area contributed by atoms with E-state index in [1.54, 1.807) is 0 Å². The van der Waals surface area contributed by atoms with Crippen molar-refractivity contribution in [2.75, 3.05) is 12.9 Å². The molecular weight excluding hydrogens is 248 g/mol. The number of methoxy groups -OCH3 is 1. The molecule has 1 aliphatic rings. The molecule has 1 heterocycles. The van der Waals surface area contributed by atoms with Crippen LogP contribution < -0.4 is 0 Å². The van der Waals surface area contributed by atoms with Crippen LogP contribution in [0.5, 0.6) is 0 Å². The molecule has 1 aromatic heterocycles. The van der Waals surface area contributed by atoms with Crippen molar-refractivity contribution in [3.05, 3.63) is 18.2 Å². The van der Waals surface area contributed by atoms with Crippen LogP contribution in [0, 0.1) is 5.41 Å². The highest BCUT2D eigenvalue weighted by Crippen LogP contribution is 2.51. The molecule has 0 aliphatic heterocycles. The Morgan fingerprint density at radius 2 is 2.39 bits per heavy atom. The lowest BCUT2D eigenvalue weighted by atomic mass is 10.1. The quantitative estimate of drug-likeness (QED) is 0.713. The summed E-state index contributed by atoms with van der Waals surface area (Å²) in [6.07, 6.45) is 6.68. The number of ether oxygens (including phenoxy) is 1. The summed E-state index contributed by atoms with van der Waals surface area (Å²) in [7, 11) is 1.46. The average molecular weight is 268 g/mol. The van der Waals surface area contributed by atoms with Gasteiger partial charge in [-0.25, -0.2) is 4.98 Å². The molecule has 0 saturated heterocycles. The second kappa shape index (κ2) is 5.78. The van der Waals surface area contributed by atoms with E-state index in [1.165, 1.54) is 12.8 Å². The molecule has 0 unspecified atom stereocenters. The van der Waals surface area contributed by atoms with Crippen molar-refractivity contribution < 1.29 is 9.53 Å². The van der Waals surface area contributed by atoms with Crippen LogP contribution in [0.3, 0.4) is 0 Å². The van der Waals surface area contributed by atoms with Crippen LogP contribution in [0.2, 0.25) is 0 Å². The molecular formula is C13H20N2O2S. The van der Waals surface area contributed by atoms with Crippen LogP contribution in [-0.2, 0) is 21.8 Å². The molecule has 1 saturated carbocycles. The van der Waals surface area contributed by atoms with Gasteiger partial charge in [-0.05, 0) is 30.9 Å². The summed E-state index contributed by atoms with van der Waals surface area (Å²) in [4.78, 5) is 15.5. The fraction of sp³-hybridized carbons (Fsp3) is 0.692. The smallest absolute Gasteiger partial charge is 0.306 e. The largest absolute Gasteiger partial charge is 0.469 e. The van der Waals surface area contributed by atoms with E-state index in [-0.39, 0.29) is 11.4 Å². The Bertz CT molecular complexity index is 413. The lowest BCUT2D eigenvalue weighted by Gasteiger charge is -2.13. The van der Waals surface area contributed by atoms with E-state index in [2.05, 4.69) is 16.5 Å². The maximum Gasteiger partial charge on any atom is 0.306 e. The molecule has 0 bridgehead atoms. The Morgan fingerprint density at radius 1 is 1.61 bits per heavy atom. The van der Waals surface area contributed by atoms with Gasteiger partial charge in [-0.2, -0.15) is 11.8 Å². The van der Waals surface area contributed by atoms with Crippen molar-refractivity contribution in [3.63, 3.8) is 0 Å². The first-order valence-corrected chi connectivity index (χ1v) is 7.48. The third kappa shape index (κ3) is 3.28. The average Bonchev–Trinajstić information content (AvgIpc) is 2.97. The zero-order valence-corrected chi connectivity index (χ0v) is 11.8. The Balaban J connectivity index is 1.77. The van der Waals surface area contributed by atoms with Gasteiger partial charge in [0.05, 0.1) is 19.9 Å². The minimum atomic E-state index is -0.0771. The van der Waals surface area contributed by atoms with Crippen LogP contribution in [-0.4, -0.2) is 28.4 Å². The van der Waals surface area contributed by atoms with Gasteiger partial charge in [0.15, 0.2) is 0 Å². The molecule has 100 valence electrons. The van der Waals surface area contributed by atoms with Gasteiger partial charge in [0, 0.05) is 24.2 Å². The molecule has 5 heteroatoms. The zero-order chi connectivity index (χ0) is 13.0. The third-order valence-corrected chi connectivity index (χ3v) is 4.82. The summed E-state index contributed by atoms with van der Waals surface area (Å²) in [5.74, 6) is 1.93. The highest BCUT2D eigenvalue weighted by Gasteiger charge is 2.44. The molecule has 1 fully saturated rings. The number of thioether (sulfide) groups is 1. The van der Waals surface area contributed by atoms with E-state index in [9.17, 15) is 4.79 Å². The summed E-state index contributed by atoms with van der Waals surface area (Å²) in [5, 5.41) is 0. The van der Waals surface area contributed by atoms with Gasteiger partial charge in [-0.15, -0.1) is 0 Å². The van der Waals surface area contributed by atoms with Gasteiger partial charge in [0.25, 0.3) is 0 Å². The predicted octanol–water partition coefficient (Wildman–Crippen LogP) is 2.48. The molecule has 2 rings (SSSR count). The number of carbonyl (C=O) groups is 1. The zero-order valence-electron chi connectivity index (χ0n) is 11.0. The maximum atomic E-state index is 11.3. The van der Waals surface area contributed by atoms with E-state index in [4.69, 9.17) is 4.74 Å². The summed E-state index contributed by atoms with van der Waals surface area (Å²) in [6.45, 7) is 3.08. The van der Waals surface area contributed by atoms with Gasteiger partial charge >= 0.3 is 5.97 Å². The van der Waals surface area contributed by atoms with Crippen LogP contribution in [0.25, 0.3) is 0 Å². The molecule has 4 nitrogen and oxygen atoms in total. The van der Waals surface area contributed by atoms with Gasteiger partial charge in [0.1, 0.15) is 0 Å². The van der Waals surface area contributed by atoms with Crippen LogP contribution in [0.15, 0.2) is 12.5 Å². The lowest BCUT2D eigenvalue weighted by molar-refractivity contribution is -0.141. The Hall–Kier alpha value is -0.970. The molecule has 1 aliphatic carbocycles. The summed E-state index contributed by atoms with van der Waals surface area (Å²) in [5.41, 5.74) is 1.48. The highest BCUT2D eigenvalue weighted by atomic mass is 32.2. The number of aromatic nitrogens is 2. The fourth-order valence-electron chi connectivity index (χ4n) is 2.05. The van der Waals surface area contributed by atoms with Crippen molar-refractivity contribution in [1.82, 2.24) is 9.55 Å². The Morgan fingerprint density at radius 3 is 3.00 bits per heavy atom. The number of rotatable bonds is 7. The van der Waals surface area contributed by atoms with Gasteiger partial charge in [-0.3, -0.25) is 4.79 Å². The summed E-state index contributed by atoms with van der Waals surface area (Å²) < 4.78 is 6.91. The van der Waals surface area contributed by atoms with E-state index < -0.39 is 0 Å².